The van der Waals surface area contributed by atoms with Gasteiger partial charge in [-0.2, -0.15) is 0 Å². The van der Waals surface area contributed by atoms with Crippen molar-refractivity contribution in [1.82, 2.24) is 4.98 Å². The number of pyridine rings is 1. The van der Waals surface area contributed by atoms with Crippen LogP contribution in [-0.2, 0) is 0 Å². The average molecular weight is 326 g/mol. The standard InChI is InChI=1S/C13H10BrClN2O/c1-8-7-16-5-4-12(8)17-13(18)10-6-9(15)2-3-11(10)14/h2-7H,1H3,(H,16,17,18). The van der Waals surface area contributed by atoms with Crippen LogP contribution in [0.3, 0.4) is 0 Å². The quantitative estimate of drug-likeness (QED) is 0.905. The highest BCUT2D eigenvalue weighted by Crippen LogP contribution is 2.22. The molecule has 0 fully saturated rings. The lowest BCUT2D eigenvalue weighted by Crippen LogP contribution is -2.13. The van der Waals surface area contributed by atoms with E-state index < -0.39 is 0 Å². The van der Waals surface area contributed by atoms with Crippen molar-refractivity contribution in [2.45, 2.75) is 6.92 Å². The molecule has 3 nitrogen and oxygen atoms in total. The molecule has 2 aromatic rings. The third kappa shape index (κ3) is 2.89. The second-order valence-corrected chi connectivity index (χ2v) is 5.06. The summed E-state index contributed by atoms with van der Waals surface area (Å²) in [5.74, 6) is -0.210. The number of rotatable bonds is 2. The van der Waals surface area contributed by atoms with Crippen molar-refractivity contribution in [3.8, 4) is 0 Å². The Morgan fingerprint density at radius 2 is 2.17 bits per heavy atom. The summed E-state index contributed by atoms with van der Waals surface area (Å²) in [6.07, 6.45) is 3.33. The Balaban J connectivity index is 2.28. The molecule has 92 valence electrons. The van der Waals surface area contributed by atoms with E-state index in [4.69, 9.17) is 11.6 Å². The van der Waals surface area contributed by atoms with Gasteiger partial charge < -0.3 is 5.32 Å². The van der Waals surface area contributed by atoms with Gasteiger partial charge in [-0.1, -0.05) is 11.6 Å². The van der Waals surface area contributed by atoms with E-state index in [2.05, 4.69) is 26.2 Å². The highest BCUT2D eigenvalue weighted by atomic mass is 79.9. The third-order valence-electron chi connectivity index (χ3n) is 2.44. The first-order chi connectivity index (χ1) is 8.58. The molecular weight excluding hydrogens is 316 g/mol. The van der Waals surface area contributed by atoms with Crippen molar-refractivity contribution in [3.05, 3.63) is 57.3 Å². The molecule has 0 unspecified atom stereocenters. The monoisotopic (exact) mass is 324 g/mol. The van der Waals surface area contributed by atoms with Crippen LogP contribution in [0.15, 0.2) is 41.1 Å². The number of anilines is 1. The lowest BCUT2D eigenvalue weighted by Gasteiger charge is -2.09. The van der Waals surface area contributed by atoms with Gasteiger partial charge in [0, 0.05) is 27.6 Å². The molecule has 5 heteroatoms. The minimum absolute atomic E-state index is 0.210. The Hall–Kier alpha value is -1.39. The van der Waals surface area contributed by atoms with Crippen LogP contribution < -0.4 is 5.32 Å². The first-order valence-corrected chi connectivity index (χ1v) is 6.42. The maximum absolute atomic E-state index is 12.1. The maximum Gasteiger partial charge on any atom is 0.256 e. The number of carbonyl (C=O) groups is 1. The summed E-state index contributed by atoms with van der Waals surface area (Å²) < 4.78 is 0.705. The van der Waals surface area contributed by atoms with Crippen LogP contribution in [0.1, 0.15) is 15.9 Å². The van der Waals surface area contributed by atoms with Gasteiger partial charge in [-0.15, -0.1) is 0 Å². The highest BCUT2D eigenvalue weighted by molar-refractivity contribution is 9.10. The number of aromatic nitrogens is 1. The molecule has 2 rings (SSSR count). The predicted octanol–water partition coefficient (Wildman–Crippen LogP) is 4.06. The van der Waals surface area contributed by atoms with E-state index >= 15 is 0 Å². The molecule has 1 amide bonds. The van der Waals surface area contributed by atoms with E-state index in [0.29, 0.717) is 15.1 Å². The topological polar surface area (TPSA) is 42.0 Å². The number of hydrogen-bond donors (Lipinski definition) is 1. The molecule has 18 heavy (non-hydrogen) atoms. The highest BCUT2D eigenvalue weighted by Gasteiger charge is 2.11. The summed E-state index contributed by atoms with van der Waals surface area (Å²) in [6.45, 7) is 1.88. The van der Waals surface area contributed by atoms with Gasteiger partial charge in [0.15, 0.2) is 0 Å². The molecule has 0 atom stereocenters. The van der Waals surface area contributed by atoms with Gasteiger partial charge in [0.1, 0.15) is 0 Å². The van der Waals surface area contributed by atoms with Gasteiger partial charge in [0.25, 0.3) is 5.91 Å². The molecule has 0 saturated carbocycles. The Morgan fingerprint density at radius 3 is 2.89 bits per heavy atom. The molecule has 0 aliphatic carbocycles. The van der Waals surface area contributed by atoms with Crippen LogP contribution >= 0.6 is 27.5 Å². The van der Waals surface area contributed by atoms with Crippen molar-refractivity contribution >= 4 is 39.1 Å². The summed E-state index contributed by atoms with van der Waals surface area (Å²) in [5.41, 5.74) is 2.14. The Morgan fingerprint density at radius 1 is 1.39 bits per heavy atom. The SMILES string of the molecule is Cc1cnccc1NC(=O)c1cc(Cl)ccc1Br. The van der Waals surface area contributed by atoms with E-state index in [0.717, 1.165) is 11.3 Å². The molecular formula is C13H10BrClN2O. The summed E-state index contributed by atoms with van der Waals surface area (Å²) in [5, 5.41) is 3.35. The van der Waals surface area contributed by atoms with Crippen LogP contribution in [0.4, 0.5) is 5.69 Å². The van der Waals surface area contributed by atoms with E-state index in [1.165, 1.54) is 0 Å². The number of aryl methyl sites for hydroxylation is 1. The first-order valence-electron chi connectivity index (χ1n) is 5.25. The second kappa shape index (κ2) is 5.50. The van der Waals surface area contributed by atoms with Crippen molar-refractivity contribution in [2.24, 2.45) is 0 Å². The van der Waals surface area contributed by atoms with E-state index in [1.54, 1.807) is 36.7 Å². The van der Waals surface area contributed by atoms with Gasteiger partial charge in [-0.3, -0.25) is 9.78 Å². The molecule has 0 aliphatic heterocycles. The van der Waals surface area contributed by atoms with Crippen LogP contribution in [0, 0.1) is 6.92 Å². The van der Waals surface area contributed by atoms with Gasteiger partial charge in [-0.05, 0) is 52.7 Å². The number of nitrogens with zero attached hydrogens (tertiary/aromatic N) is 1. The van der Waals surface area contributed by atoms with E-state index in [9.17, 15) is 4.79 Å². The third-order valence-corrected chi connectivity index (χ3v) is 3.37. The maximum atomic E-state index is 12.1. The Labute approximate surface area is 118 Å². The summed E-state index contributed by atoms with van der Waals surface area (Å²) in [4.78, 5) is 16.1. The fraction of sp³-hybridized carbons (Fsp3) is 0.0769. The molecule has 1 aromatic carbocycles. The van der Waals surface area contributed by atoms with Gasteiger partial charge >= 0.3 is 0 Å². The number of nitrogens with one attached hydrogen (secondary N) is 1. The Kier molecular flexibility index (Phi) is 3.99. The van der Waals surface area contributed by atoms with Crippen LogP contribution in [0.25, 0.3) is 0 Å². The molecule has 0 spiro atoms. The number of halogens is 2. The molecule has 1 N–H and O–H groups in total. The van der Waals surface area contributed by atoms with E-state index in [-0.39, 0.29) is 5.91 Å². The number of amides is 1. The Bertz CT molecular complexity index is 601. The lowest BCUT2D eigenvalue weighted by molar-refractivity contribution is 0.102. The minimum atomic E-state index is -0.210. The van der Waals surface area contributed by atoms with Crippen molar-refractivity contribution < 1.29 is 4.79 Å². The number of benzene rings is 1. The number of hydrogen-bond acceptors (Lipinski definition) is 2. The van der Waals surface area contributed by atoms with Crippen LogP contribution in [-0.4, -0.2) is 10.9 Å². The largest absolute Gasteiger partial charge is 0.322 e. The van der Waals surface area contributed by atoms with Crippen LogP contribution in [0.2, 0.25) is 5.02 Å². The second-order valence-electron chi connectivity index (χ2n) is 3.77. The fourth-order valence-corrected chi connectivity index (χ4v) is 2.07. The minimum Gasteiger partial charge on any atom is -0.322 e. The molecule has 1 heterocycles. The number of carbonyl (C=O) groups excluding carboxylic acids is 1. The normalized spacial score (nSPS) is 10.2. The summed E-state index contributed by atoms with van der Waals surface area (Å²) in [7, 11) is 0. The molecule has 0 bridgehead atoms. The first kappa shape index (κ1) is 13.1. The zero-order valence-electron chi connectivity index (χ0n) is 9.58. The van der Waals surface area contributed by atoms with Crippen molar-refractivity contribution in [1.29, 1.82) is 0 Å². The van der Waals surface area contributed by atoms with Gasteiger partial charge in [0.2, 0.25) is 0 Å². The molecule has 0 aliphatic rings. The zero-order valence-corrected chi connectivity index (χ0v) is 11.9. The molecule has 0 radical (unpaired) electrons. The zero-order chi connectivity index (χ0) is 13.1. The van der Waals surface area contributed by atoms with Gasteiger partial charge in [-0.25, -0.2) is 0 Å². The van der Waals surface area contributed by atoms with E-state index in [1.807, 2.05) is 6.92 Å². The average Bonchev–Trinajstić information content (AvgIpc) is 2.35. The van der Waals surface area contributed by atoms with Crippen molar-refractivity contribution in [2.75, 3.05) is 5.32 Å². The van der Waals surface area contributed by atoms with Gasteiger partial charge in [0.05, 0.1) is 5.56 Å². The summed E-state index contributed by atoms with van der Waals surface area (Å²) >= 11 is 9.22. The lowest BCUT2D eigenvalue weighted by atomic mass is 10.2. The predicted molar refractivity (Wildman–Crippen MR) is 76.1 cm³/mol. The molecule has 1 aromatic heterocycles. The fourth-order valence-electron chi connectivity index (χ4n) is 1.47. The molecule has 0 saturated heterocycles. The smallest absolute Gasteiger partial charge is 0.256 e. The van der Waals surface area contributed by atoms with Crippen molar-refractivity contribution in [3.63, 3.8) is 0 Å². The summed E-state index contributed by atoms with van der Waals surface area (Å²) in [6, 6.07) is 6.85. The van der Waals surface area contributed by atoms with Crippen LogP contribution in [0.5, 0.6) is 0 Å².